The van der Waals surface area contributed by atoms with Crippen molar-refractivity contribution in [1.29, 1.82) is 0 Å². The highest BCUT2D eigenvalue weighted by atomic mass is 19.1. The summed E-state index contributed by atoms with van der Waals surface area (Å²) in [5.74, 6) is -0.579. The number of hydrogen-bond donors (Lipinski definition) is 3. The van der Waals surface area contributed by atoms with Gasteiger partial charge in [-0.3, -0.25) is 14.5 Å². The minimum Gasteiger partial charge on any atom is -0.379 e. The molecule has 0 spiro atoms. The summed E-state index contributed by atoms with van der Waals surface area (Å²) in [5.41, 5.74) is 6.94. The number of aryl methyl sites for hydroxylation is 1. The summed E-state index contributed by atoms with van der Waals surface area (Å²) in [5, 5.41) is 5.95. The van der Waals surface area contributed by atoms with Crippen molar-refractivity contribution in [3.63, 3.8) is 0 Å². The van der Waals surface area contributed by atoms with Gasteiger partial charge in [0.2, 0.25) is 5.91 Å². The van der Waals surface area contributed by atoms with Gasteiger partial charge in [0.15, 0.2) is 0 Å². The van der Waals surface area contributed by atoms with Crippen molar-refractivity contribution in [2.24, 2.45) is 0 Å². The van der Waals surface area contributed by atoms with Crippen LogP contribution < -0.4 is 10.6 Å². The maximum atomic E-state index is 14.0. The molecule has 2 amide bonds. The highest BCUT2D eigenvalue weighted by molar-refractivity contribution is 6.36. The van der Waals surface area contributed by atoms with Crippen LogP contribution in [0, 0.1) is 19.7 Å². The third-order valence-corrected chi connectivity index (χ3v) is 7.07. The maximum Gasteiger partial charge on any atom is 0.256 e. The zero-order valence-electron chi connectivity index (χ0n) is 21.1. The van der Waals surface area contributed by atoms with Gasteiger partial charge in [0.25, 0.3) is 5.91 Å². The number of rotatable bonds is 7. The molecule has 0 bridgehead atoms. The van der Waals surface area contributed by atoms with E-state index in [0.29, 0.717) is 23.4 Å². The number of aromatic nitrogens is 1. The molecule has 1 aromatic heterocycles. The Hall–Kier alpha value is -3.75. The minimum absolute atomic E-state index is 0.0324. The second-order valence-electron chi connectivity index (χ2n) is 9.50. The molecular weight excluding hydrogens is 471 g/mol. The zero-order chi connectivity index (χ0) is 25.9. The first-order valence-corrected chi connectivity index (χ1v) is 12.6. The molecule has 0 aliphatic carbocycles. The van der Waals surface area contributed by atoms with Gasteiger partial charge in [0, 0.05) is 48.8 Å². The average Bonchev–Trinajstić information content (AvgIpc) is 3.35. The van der Waals surface area contributed by atoms with Gasteiger partial charge in [-0.2, -0.15) is 0 Å². The van der Waals surface area contributed by atoms with Gasteiger partial charge in [0.1, 0.15) is 5.82 Å². The second kappa shape index (κ2) is 10.7. The molecule has 7 nitrogen and oxygen atoms in total. The molecule has 3 N–H and O–H groups in total. The van der Waals surface area contributed by atoms with Crippen LogP contribution in [0.25, 0.3) is 22.8 Å². The molecular formula is C29H31FN4O3. The number of morpholine rings is 1. The van der Waals surface area contributed by atoms with Crippen LogP contribution in [0.1, 0.15) is 28.1 Å². The number of amides is 2. The Morgan fingerprint density at radius 1 is 1.16 bits per heavy atom. The average molecular weight is 503 g/mol. The third-order valence-electron chi connectivity index (χ3n) is 7.07. The third kappa shape index (κ3) is 5.35. The maximum absolute atomic E-state index is 14.0. The van der Waals surface area contributed by atoms with E-state index in [-0.39, 0.29) is 24.1 Å². The number of carbonyl (C=O) groups is 2. The fraction of sp³-hybridized carbons (Fsp3) is 0.310. The minimum atomic E-state index is -0.332. The summed E-state index contributed by atoms with van der Waals surface area (Å²) in [6, 6.07) is 11.9. The fourth-order valence-electron chi connectivity index (χ4n) is 5.05. The molecule has 1 fully saturated rings. The second-order valence-corrected chi connectivity index (χ2v) is 9.50. The molecule has 0 radical (unpaired) electrons. The number of fused-ring (bicyclic) bond motifs is 1. The van der Waals surface area contributed by atoms with Gasteiger partial charge in [-0.25, -0.2) is 4.39 Å². The Labute approximate surface area is 215 Å². The van der Waals surface area contributed by atoms with Gasteiger partial charge in [0.05, 0.1) is 25.2 Å². The van der Waals surface area contributed by atoms with Crippen LogP contribution in [-0.2, 0) is 20.7 Å². The predicted octanol–water partition coefficient (Wildman–Crippen LogP) is 3.92. The quantitative estimate of drug-likeness (QED) is 0.428. The summed E-state index contributed by atoms with van der Waals surface area (Å²) in [6.07, 6.45) is 2.09. The molecule has 3 aromatic rings. The first-order valence-electron chi connectivity index (χ1n) is 12.6. The largest absolute Gasteiger partial charge is 0.379 e. The first-order chi connectivity index (χ1) is 17.9. The van der Waals surface area contributed by atoms with Gasteiger partial charge >= 0.3 is 0 Å². The molecule has 0 atom stereocenters. The van der Waals surface area contributed by atoms with E-state index in [0.717, 1.165) is 66.5 Å². The molecule has 2 aromatic carbocycles. The van der Waals surface area contributed by atoms with E-state index >= 15 is 0 Å². The molecule has 192 valence electrons. The van der Waals surface area contributed by atoms with Gasteiger partial charge < -0.3 is 20.4 Å². The molecule has 2 aliphatic heterocycles. The number of nitrogens with one attached hydrogen (secondary N) is 3. The lowest BCUT2D eigenvalue weighted by molar-refractivity contribution is -0.120. The van der Waals surface area contributed by atoms with E-state index in [1.54, 1.807) is 6.07 Å². The van der Waals surface area contributed by atoms with E-state index in [9.17, 15) is 14.0 Å². The lowest BCUT2D eigenvalue weighted by Crippen LogP contribution is -2.41. The lowest BCUT2D eigenvalue weighted by Gasteiger charge is -2.26. The molecule has 2 aliphatic rings. The standard InChI is InChI=1S/C29H31FN4O3/c1-18-23(17-27(35)31-9-10-34-11-13-37-14-12-34)19(2)32-26(18)16-24-28-22(20-5-3-6-21(30)15-20)7-4-8-25(28)33-29(24)36/h3-8,15-16,32H,9-14,17H2,1-2H3,(H,31,35)(H,33,36)/b24-16-. The van der Waals surface area contributed by atoms with Gasteiger partial charge in [-0.05, 0) is 60.4 Å². The van der Waals surface area contributed by atoms with E-state index in [1.165, 1.54) is 12.1 Å². The van der Waals surface area contributed by atoms with Crippen LogP contribution in [0.2, 0.25) is 0 Å². The van der Waals surface area contributed by atoms with Crippen LogP contribution in [0.15, 0.2) is 42.5 Å². The first kappa shape index (κ1) is 24.9. The molecule has 3 heterocycles. The Morgan fingerprint density at radius 2 is 1.95 bits per heavy atom. The van der Waals surface area contributed by atoms with Crippen molar-refractivity contribution < 1.29 is 18.7 Å². The van der Waals surface area contributed by atoms with Crippen molar-refractivity contribution in [1.82, 2.24) is 15.2 Å². The number of hydrogen-bond acceptors (Lipinski definition) is 4. The normalized spacial score (nSPS) is 16.6. The van der Waals surface area contributed by atoms with Gasteiger partial charge in [-0.1, -0.05) is 24.3 Å². The Balaban J connectivity index is 1.37. The Bertz CT molecular complexity index is 1370. The topological polar surface area (TPSA) is 86.5 Å². The summed E-state index contributed by atoms with van der Waals surface area (Å²) in [6.45, 7) is 8.55. The molecule has 5 rings (SSSR count). The zero-order valence-corrected chi connectivity index (χ0v) is 21.1. The molecule has 37 heavy (non-hydrogen) atoms. The highest BCUT2D eigenvalue weighted by Crippen LogP contribution is 2.40. The van der Waals surface area contributed by atoms with Crippen LogP contribution >= 0.6 is 0 Å². The summed E-state index contributed by atoms with van der Waals surface area (Å²) >= 11 is 0. The smallest absolute Gasteiger partial charge is 0.256 e. The highest BCUT2D eigenvalue weighted by Gasteiger charge is 2.28. The fourth-order valence-corrected chi connectivity index (χ4v) is 5.05. The predicted molar refractivity (Wildman–Crippen MR) is 143 cm³/mol. The van der Waals surface area contributed by atoms with Crippen LogP contribution in [-0.4, -0.2) is 61.1 Å². The summed E-state index contributed by atoms with van der Waals surface area (Å²) in [4.78, 5) is 31.3. The van der Waals surface area contributed by atoms with E-state index in [2.05, 4.69) is 20.5 Å². The van der Waals surface area contributed by atoms with Gasteiger partial charge in [-0.15, -0.1) is 0 Å². The summed E-state index contributed by atoms with van der Waals surface area (Å²) < 4.78 is 19.3. The number of halogens is 1. The van der Waals surface area contributed by atoms with Crippen molar-refractivity contribution in [3.8, 4) is 11.1 Å². The monoisotopic (exact) mass is 502 g/mol. The number of anilines is 1. The Morgan fingerprint density at radius 3 is 2.73 bits per heavy atom. The van der Waals surface area contributed by atoms with Crippen molar-refractivity contribution in [3.05, 3.63) is 76.4 Å². The van der Waals surface area contributed by atoms with Crippen molar-refractivity contribution in [2.75, 3.05) is 44.7 Å². The number of nitrogens with zero attached hydrogens (tertiary/aromatic N) is 1. The molecule has 0 saturated carbocycles. The van der Waals surface area contributed by atoms with Crippen LogP contribution in [0.5, 0.6) is 0 Å². The van der Waals surface area contributed by atoms with Crippen LogP contribution in [0.3, 0.4) is 0 Å². The lowest BCUT2D eigenvalue weighted by atomic mass is 9.94. The molecule has 8 heteroatoms. The number of carbonyl (C=O) groups excluding carboxylic acids is 2. The summed E-state index contributed by atoms with van der Waals surface area (Å²) in [7, 11) is 0. The number of aromatic amines is 1. The van der Waals surface area contributed by atoms with Crippen molar-refractivity contribution >= 4 is 29.2 Å². The Kier molecular flexibility index (Phi) is 7.21. The van der Waals surface area contributed by atoms with E-state index < -0.39 is 0 Å². The van der Waals surface area contributed by atoms with E-state index in [1.807, 2.05) is 44.2 Å². The van der Waals surface area contributed by atoms with Crippen molar-refractivity contribution in [2.45, 2.75) is 20.3 Å². The van der Waals surface area contributed by atoms with Crippen LogP contribution in [0.4, 0.5) is 10.1 Å². The molecule has 0 unspecified atom stereocenters. The molecule has 1 saturated heterocycles. The number of H-pyrrole nitrogens is 1. The van der Waals surface area contributed by atoms with E-state index in [4.69, 9.17) is 4.74 Å². The number of benzene rings is 2. The number of ether oxygens (including phenoxy) is 1. The SMILES string of the molecule is Cc1[nH]c(/C=C2\C(=O)Nc3cccc(-c4cccc(F)c4)c32)c(C)c1CC(=O)NCCN1CCOCC1.